The van der Waals surface area contributed by atoms with Crippen LogP contribution in [0.4, 0.5) is 5.69 Å². The molecule has 1 aromatic carbocycles. The Balaban J connectivity index is 1.45. The summed E-state index contributed by atoms with van der Waals surface area (Å²) >= 11 is 0. The summed E-state index contributed by atoms with van der Waals surface area (Å²) < 4.78 is 31.7. The van der Waals surface area contributed by atoms with Gasteiger partial charge in [-0.05, 0) is 25.0 Å². The monoisotopic (exact) mass is 339 g/mol. The van der Waals surface area contributed by atoms with E-state index in [0.717, 1.165) is 57.0 Å². The standard InChI is InChI=1S/C16H25N3O3S/c1-22-16-5-3-2-4-15(16)19-12-10-18(11-13-19)9-8-17-23(20,21)14-6-7-14/h2-5,14,17H,6-13H2,1H3. The average molecular weight is 339 g/mol. The van der Waals surface area contributed by atoms with Crippen molar-refractivity contribution in [3.63, 3.8) is 0 Å². The van der Waals surface area contributed by atoms with E-state index in [1.165, 1.54) is 0 Å². The summed E-state index contributed by atoms with van der Waals surface area (Å²) in [5.41, 5.74) is 1.13. The molecule has 6 nitrogen and oxygen atoms in total. The number of benzene rings is 1. The van der Waals surface area contributed by atoms with Crippen molar-refractivity contribution < 1.29 is 13.2 Å². The first kappa shape index (κ1) is 16.5. The third kappa shape index (κ3) is 4.16. The first-order chi connectivity index (χ1) is 11.1. The van der Waals surface area contributed by atoms with Crippen LogP contribution in [0.25, 0.3) is 0 Å². The van der Waals surface area contributed by atoms with Gasteiger partial charge in [-0.2, -0.15) is 0 Å². The topological polar surface area (TPSA) is 61.9 Å². The maximum atomic E-state index is 11.8. The highest BCUT2D eigenvalue weighted by Crippen LogP contribution is 2.28. The van der Waals surface area contributed by atoms with Crippen LogP contribution in [0, 0.1) is 0 Å². The predicted octanol–water partition coefficient (Wildman–Crippen LogP) is 0.899. The Hall–Kier alpha value is -1.31. The first-order valence-corrected chi connectivity index (χ1v) is 9.73. The van der Waals surface area contributed by atoms with Gasteiger partial charge in [0.25, 0.3) is 0 Å². The third-order valence-electron chi connectivity index (χ3n) is 4.49. The van der Waals surface area contributed by atoms with Crippen molar-refractivity contribution in [2.75, 3.05) is 51.3 Å². The molecule has 128 valence electrons. The lowest BCUT2D eigenvalue weighted by atomic mass is 10.2. The van der Waals surface area contributed by atoms with Crippen molar-refractivity contribution in [3.8, 4) is 5.75 Å². The second-order valence-corrected chi connectivity index (χ2v) is 8.18. The zero-order valence-electron chi connectivity index (χ0n) is 13.6. The highest BCUT2D eigenvalue weighted by molar-refractivity contribution is 7.90. The number of para-hydroxylation sites is 2. The molecule has 2 aliphatic rings. The van der Waals surface area contributed by atoms with Crippen LogP contribution in [0.3, 0.4) is 0 Å². The maximum absolute atomic E-state index is 11.8. The number of anilines is 1. The summed E-state index contributed by atoms with van der Waals surface area (Å²) in [4.78, 5) is 4.63. The van der Waals surface area contributed by atoms with Crippen LogP contribution in [0.1, 0.15) is 12.8 Å². The molecule has 0 amide bonds. The summed E-state index contributed by atoms with van der Waals surface area (Å²) in [5.74, 6) is 0.901. The Bertz CT molecular complexity index is 623. The summed E-state index contributed by atoms with van der Waals surface area (Å²) in [6, 6.07) is 8.06. The van der Waals surface area contributed by atoms with Gasteiger partial charge < -0.3 is 9.64 Å². The molecule has 3 rings (SSSR count). The number of sulfonamides is 1. The molecule has 0 radical (unpaired) electrons. The fourth-order valence-corrected chi connectivity index (χ4v) is 4.31. The number of hydrogen-bond donors (Lipinski definition) is 1. The van der Waals surface area contributed by atoms with Gasteiger partial charge >= 0.3 is 0 Å². The number of piperazine rings is 1. The summed E-state index contributed by atoms with van der Waals surface area (Å²) in [5, 5.41) is -0.134. The van der Waals surface area contributed by atoms with E-state index in [1.807, 2.05) is 18.2 Å². The Morgan fingerprint density at radius 3 is 2.52 bits per heavy atom. The number of ether oxygens (including phenoxy) is 1. The first-order valence-electron chi connectivity index (χ1n) is 8.19. The maximum Gasteiger partial charge on any atom is 0.214 e. The fraction of sp³-hybridized carbons (Fsp3) is 0.625. The molecule has 0 bridgehead atoms. The quantitative estimate of drug-likeness (QED) is 0.800. The number of nitrogens with one attached hydrogen (secondary N) is 1. The fourth-order valence-electron chi connectivity index (χ4n) is 2.95. The van der Waals surface area contributed by atoms with Crippen LogP contribution in [-0.2, 0) is 10.0 Å². The van der Waals surface area contributed by atoms with Crippen LogP contribution in [0.15, 0.2) is 24.3 Å². The lowest BCUT2D eigenvalue weighted by Crippen LogP contribution is -2.48. The molecule has 1 aliphatic heterocycles. The highest BCUT2D eigenvalue weighted by Gasteiger charge is 2.35. The van der Waals surface area contributed by atoms with Gasteiger partial charge in [-0.1, -0.05) is 12.1 Å². The minimum absolute atomic E-state index is 0.134. The van der Waals surface area contributed by atoms with Crippen molar-refractivity contribution in [2.45, 2.75) is 18.1 Å². The van der Waals surface area contributed by atoms with Crippen molar-refractivity contribution in [1.82, 2.24) is 9.62 Å². The second-order valence-electron chi connectivity index (χ2n) is 6.14. The number of hydrogen-bond acceptors (Lipinski definition) is 5. The molecular formula is C16H25N3O3S. The normalized spacial score (nSPS) is 19.8. The molecule has 0 aromatic heterocycles. The van der Waals surface area contributed by atoms with Crippen LogP contribution >= 0.6 is 0 Å². The van der Waals surface area contributed by atoms with E-state index in [9.17, 15) is 8.42 Å². The van der Waals surface area contributed by atoms with Crippen LogP contribution in [0.5, 0.6) is 5.75 Å². The predicted molar refractivity (Wildman–Crippen MR) is 91.6 cm³/mol. The van der Waals surface area contributed by atoms with Gasteiger partial charge in [0.1, 0.15) is 5.75 Å². The molecular weight excluding hydrogens is 314 g/mol. The third-order valence-corrected chi connectivity index (χ3v) is 6.45. The van der Waals surface area contributed by atoms with Gasteiger partial charge in [-0.25, -0.2) is 13.1 Å². The van der Waals surface area contributed by atoms with Crippen LogP contribution < -0.4 is 14.4 Å². The highest BCUT2D eigenvalue weighted by atomic mass is 32.2. The van der Waals surface area contributed by atoms with Crippen molar-refractivity contribution in [2.24, 2.45) is 0 Å². The second kappa shape index (κ2) is 7.07. The molecule has 1 saturated heterocycles. The van der Waals surface area contributed by atoms with Gasteiger partial charge in [0.05, 0.1) is 18.0 Å². The molecule has 1 saturated carbocycles. The van der Waals surface area contributed by atoms with Crippen LogP contribution in [0.2, 0.25) is 0 Å². The smallest absolute Gasteiger partial charge is 0.214 e. The lowest BCUT2D eigenvalue weighted by Gasteiger charge is -2.36. The molecule has 7 heteroatoms. The SMILES string of the molecule is COc1ccccc1N1CCN(CCNS(=O)(=O)C2CC2)CC1. The van der Waals surface area contributed by atoms with Crippen molar-refractivity contribution in [1.29, 1.82) is 0 Å². The van der Waals surface area contributed by atoms with E-state index >= 15 is 0 Å². The minimum Gasteiger partial charge on any atom is -0.495 e. The molecule has 0 atom stereocenters. The number of methoxy groups -OCH3 is 1. The molecule has 1 aliphatic carbocycles. The summed E-state index contributed by atoms with van der Waals surface area (Å²) in [7, 11) is -1.36. The Labute approximate surface area is 138 Å². The largest absolute Gasteiger partial charge is 0.495 e. The Kier molecular flexibility index (Phi) is 5.08. The van der Waals surface area contributed by atoms with Crippen molar-refractivity contribution in [3.05, 3.63) is 24.3 Å². The van der Waals surface area contributed by atoms with Crippen molar-refractivity contribution >= 4 is 15.7 Å². The van der Waals surface area contributed by atoms with E-state index in [0.29, 0.717) is 6.54 Å². The summed E-state index contributed by atoms with van der Waals surface area (Å²) in [6.45, 7) is 5.00. The Morgan fingerprint density at radius 1 is 1.17 bits per heavy atom. The Morgan fingerprint density at radius 2 is 1.87 bits per heavy atom. The van der Waals surface area contributed by atoms with E-state index in [1.54, 1.807) is 7.11 Å². The molecule has 0 spiro atoms. The molecule has 1 heterocycles. The van der Waals surface area contributed by atoms with Gasteiger partial charge in [-0.3, -0.25) is 4.90 Å². The molecule has 2 fully saturated rings. The lowest BCUT2D eigenvalue weighted by molar-refractivity contribution is 0.261. The van der Waals surface area contributed by atoms with Gasteiger partial charge in [0, 0.05) is 39.3 Å². The number of nitrogens with zero attached hydrogens (tertiary/aromatic N) is 2. The van der Waals surface area contributed by atoms with Crippen LogP contribution in [-0.4, -0.2) is 64.9 Å². The van der Waals surface area contributed by atoms with Gasteiger partial charge in [0.15, 0.2) is 0 Å². The molecule has 0 unspecified atom stereocenters. The zero-order chi connectivity index (χ0) is 16.3. The van der Waals surface area contributed by atoms with E-state index in [2.05, 4.69) is 20.6 Å². The van der Waals surface area contributed by atoms with E-state index in [-0.39, 0.29) is 5.25 Å². The van der Waals surface area contributed by atoms with E-state index in [4.69, 9.17) is 4.74 Å². The number of rotatable bonds is 7. The molecule has 1 aromatic rings. The molecule has 1 N–H and O–H groups in total. The average Bonchev–Trinajstić information content (AvgIpc) is 3.41. The van der Waals surface area contributed by atoms with E-state index < -0.39 is 10.0 Å². The van der Waals surface area contributed by atoms with Gasteiger partial charge in [0.2, 0.25) is 10.0 Å². The zero-order valence-corrected chi connectivity index (χ0v) is 14.4. The minimum atomic E-state index is -3.05. The van der Waals surface area contributed by atoms with Gasteiger partial charge in [-0.15, -0.1) is 0 Å². The molecule has 23 heavy (non-hydrogen) atoms. The summed E-state index contributed by atoms with van der Waals surface area (Å²) in [6.07, 6.45) is 1.62.